The molecule has 0 fully saturated rings. The number of hydrogen-bond donors (Lipinski definition) is 7. The van der Waals surface area contributed by atoms with Gasteiger partial charge in [-0.15, -0.1) is 0 Å². The van der Waals surface area contributed by atoms with Gasteiger partial charge in [0.05, 0.1) is 31.8 Å². The highest BCUT2D eigenvalue weighted by Crippen LogP contribution is 2.11. The first-order valence-corrected chi connectivity index (χ1v) is 7.14. The molecule has 146 valence electrons. The molecule has 0 radical (unpaired) electrons. The molecule has 0 amide bonds. The van der Waals surface area contributed by atoms with Crippen molar-refractivity contribution < 1.29 is 50.1 Å². The van der Waals surface area contributed by atoms with Gasteiger partial charge in [-0.25, -0.2) is 0 Å². The van der Waals surface area contributed by atoms with E-state index < -0.39 is 49.8 Å². The van der Waals surface area contributed by atoms with Crippen molar-refractivity contribution in [2.45, 2.75) is 40.0 Å². The van der Waals surface area contributed by atoms with Crippen LogP contribution >= 0.6 is 0 Å². The van der Waals surface area contributed by atoms with Gasteiger partial charge in [0.25, 0.3) is 0 Å². The summed E-state index contributed by atoms with van der Waals surface area (Å²) in [5, 5.41) is 57.2. The van der Waals surface area contributed by atoms with Gasteiger partial charge in [0, 0.05) is 19.3 Å². The average molecular weight is 358 g/mol. The molecule has 0 aliphatic rings. The Balaban J connectivity index is -0.000000116. The van der Waals surface area contributed by atoms with Crippen molar-refractivity contribution in [3.63, 3.8) is 0 Å². The lowest BCUT2D eigenvalue weighted by molar-refractivity contribution is -0.137. The third-order valence-corrected chi connectivity index (χ3v) is 2.25. The van der Waals surface area contributed by atoms with Crippen molar-refractivity contribution in [3.8, 4) is 0 Å². The average Bonchev–Trinajstić information content (AvgIpc) is 2.59. The van der Waals surface area contributed by atoms with E-state index in [0.717, 1.165) is 0 Å². The first-order valence-electron chi connectivity index (χ1n) is 7.14. The normalized spacial score (nSPS) is 9.12. The van der Waals surface area contributed by atoms with Gasteiger partial charge in [-0.05, 0) is 0 Å². The molecule has 0 unspecified atom stereocenters. The molecule has 0 bridgehead atoms. The van der Waals surface area contributed by atoms with Gasteiger partial charge < -0.3 is 35.7 Å². The standard InChI is InChI=1S/C5H12O4.3C3H6O2/c6-1-5(2-7,3-8)4-9;3*1-2-3(4)5/h6-9H,1-4H2;3*2H2,1H3,(H,4,5). The number of rotatable bonds is 7. The van der Waals surface area contributed by atoms with Crippen LogP contribution in [-0.4, -0.2) is 80.1 Å². The van der Waals surface area contributed by atoms with Crippen molar-refractivity contribution in [1.82, 2.24) is 0 Å². The van der Waals surface area contributed by atoms with E-state index >= 15 is 0 Å². The molecule has 0 aliphatic carbocycles. The summed E-state index contributed by atoms with van der Waals surface area (Å²) >= 11 is 0. The molecule has 0 atom stereocenters. The highest BCUT2D eigenvalue weighted by atomic mass is 16.4. The number of carboxylic acid groups (broad SMARTS) is 3. The predicted octanol–water partition coefficient (Wildman–Crippen LogP) is -0.615. The maximum atomic E-state index is 9.37. The number of aliphatic hydroxyl groups excluding tert-OH is 4. The first-order chi connectivity index (χ1) is 11.1. The maximum Gasteiger partial charge on any atom is 0.303 e. The zero-order valence-corrected chi connectivity index (χ0v) is 14.3. The Kier molecular flexibility index (Phi) is 26.7. The quantitative estimate of drug-likeness (QED) is 0.308. The number of aliphatic carboxylic acids is 3. The second kappa shape index (κ2) is 21.2. The van der Waals surface area contributed by atoms with Crippen molar-refractivity contribution in [1.29, 1.82) is 0 Å². The molecule has 0 spiro atoms. The third-order valence-electron chi connectivity index (χ3n) is 2.25. The smallest absolute Gasteiger partial charge is 0.303 e. The van der Waals surface area contributed by atoms with E-state index in [1.54, 1.807) is 20.8 Å². The van der Waals surface area contributed by atoms with E-state index in [2.05, 4.69) is 0 Å². The SMILES string of the molecule is CCC(=O)O.CCC(=O)O.CCC(=O)O.OCC(CO)(CO)CO. The highest BCUT2D eigenvalue weighted by Gasteiger charge is 2.26. The number of carbonyl (C=O) groups is 3. The molecule has 0 saturated heterocycles. The fourth-order valence-electron chi connectivity index (χ4n) is 0.300. The Morgan fingerprint density at radius 3 is 0.708 bits per heavy atom. The number of carboxylic acids is 3. The molecule has 0 aliphatic heterocycles. The van der Waals surface area contributed by atoms with Crippen LogP contribution in [0.2, 0.25) is 0 Å². The minimum Gasteiger partial charge on any atom is -0.481 e. The fourth-order valence-corrected chi connectivity index (χ4v) is 0.300. The molecule has 0 aromatic rings. The number of aliphatic hydroxyl groups is 4. The fraction of sp³-hybridized carbons (Fsp3) is 0.786. The van der Waals surface area contributed by atoms with E-state index in [-0.39, 0.29) is 19.3 Å². The summed E-state index contributed by atoms with van der Waals surface area (Å²) in [7, 11) is 0. The molecule has 0 saturated carbocycles. The Bertz CT molecular complexity index is 262. The molecule has 0 aromatic heterocycles. The zero-order chi connectivity index (χ0) is 20.2. The van der Waals surface area contributed by atoms with Gasteiger partial charge in [0.2, 0.25) is 0 Å². The molecular weight excluding hydrogens is 328 g/mol. The minimum absolute atomic E-state index is 0.222. The van der Waals surface area contributed by atoms with Gasteiger partial charge in [0.1, 0.15) is 0 Å². The minimum atomic E-state index is -1.11. The van der Waals surface area contributed by atoms with Crippen molar-refractivity contribution in [2.75, 3.05) is 26.4 Å². The molecule has 0 aromatic carbocycles. The summed E-state index contributed by atoms with van der Waals surface area (Å²) in [5.41, 5.74) is -1.11. The van der Waals surface area contributed by atoms with Crippen LogP contribution in [0.4, 0.5) is 0 Å². The van der Waals surface area contributed by atoms with E-state index in [1.807, 2.05) is 0 Å². The van der Waals surface area contributed by atoms with Crippen LogP contribution in [0.25, 0.3) is 0 Å². The van der Waals surface area contributed by atoms with Crippen molar-refractivity contribution in [3.05, 3.63) is 0 Å². The topological polar surface area (TPSA) is 193 Å². The predicted molar refractivity (Wildman–Crippen MR) is 84.6 cm³/mol. The van der Waals surface area contributed by atoms with E-state index in [9.17, 15) is 14.4 Å². The Labute approximate surface area is 141 Å². The monoisotopic (exact) mass is 358 g/mol. The van der Waals surface area contributed by atoms with Crippen LogP contribution in [0.1, 0.15) is 40.0 Å². The van der Waals surface area contributed by atoms with Gasteiger partial charge in [-0.1, -0.05) is 20.8 Å². The van der Waals surface area contributed by atoms with Gasteiger partial charge in [-0.2, -0.15) is 0 Å². The van der Waals surface area contributed by atoms with Crippen LogP contribution < -0.4 is 0 Å². The summed E-state index contributed by atoms with van der Waals surface area (Å²) in [5.74, 6) is -2.24. The second-order valence-electron chi connectivity index (χ2n) is 4.37. The second-order valence-corrected chi connectivity index (χ2v) is 4.37. The lowest BCUT2D eigenvalue weighted by Gasteiger charge is -2.23. The summed E-state index contributed by atoms with van der Waals surface area (Å²) in [6.45, 7) is 3.17. The number of hydrogen-bond acceptors (Lipinski definition) is 7. The lowest BCUT2D eigenvalue weighted by Crippen LogP contribution is -2.37. The van der Waals surface area contributed by atoms with Gasteiger partial charge in [0.15, 0.2) is 0 Å². The molecule has 10 nitrogen and oxygen atoms in total. The van der Waals surface area contributed by atoms with Crippen LogP contribution in [0.3, 0.4) is 0 Å². The van der Waals surface area contributed by atoms with Crippen LogP contribution in [0, 0.1) is 5.41 Å². The third kappa shape index (κ3) is 28.4. The molecule has 24 heavy (non-hydrogen) atoms. The van der Waals surface area contributed by atoms with E-state index in [0.29, 0.717) is 0 Å². The van der Waals surface area contributed by atoms with Gasteiger partial charge in [-0.3, -0.25) is 14.4 Å². The summed E-state index contributed by atoms with van der Waals surface area (Å²) in [6.07, 6.45) is 0.667. The molecule has 0 rings (SSSR count). The summed E-state index contributed by atoms with van der Waals surface area (Å²) < 4.78 is 0. The molecule has 7 N–H and O–H groups in total. The first kappa shape index (κ1) is 30.2. The zero-order valence-electron chi connectivity index (χ0n) is 14.3. The van der Waals surface area contributed by atoms with Crippen molar-refractivity contribution in [2.24, 2.45) is 5.41 Å². The Morgan fingerprint density at radius 2 is 0.708 bits per heavy atom. The largest absolute Gasteiger partial charge is 0.481 e. The highest BCUT2D eigenvalue weighted by molar-refractivity contribution is 5.66. The van der Waals surface area contributed by atoms with E-state index in [4.69, 9.17) is 35.7 Å². The lowest BCUT2D eigenvalue weighted by atomic mass is 9.93. The molecule has 10 heteroatoms. The molecule has 0 heterocycles. The van der Waals surface area contributed by atoms with Crippen LogP contribution in [0.5, 0.6) is 0 Å². The van der Waals surface area contributed by atoms with Crippen LogP contribution in [0.15, 0.2) is 0 Å². The molecular formula is C14H30O10. The van der Waals surface area contributed by atoms with Crippen molar-refractivity contribution >= 4 is 17.9 Å². The maximum absolute atomic E-state index is 9.37. The van der Waals surface area contributed by atoms with Crippen LogP contribution in [-0.2, 0) is 14.4 Å². The summed E-state index contributed by atoms with van der Waals surface area (Å²) in [4.78, 5) is 28.1. The Hall–Kier alpha value is -1.75. The van der Waals surface area contributed by atoms with E-state index in [1.165, 1.54) is 0 Å². The van der Waals surface area contributed by atoms with Gasteiger partial charge >= 0.3 is 17.9 Å². The Morgan fingerprint density at radius 1 is 0.583 bits per heavy atom. The summed E-state index contributed by atoms with van der Waals surface area (Å²) in [6, 6.07) is 0.